The molecule has 0 aliphatic heterocycles. The van der Waals surface area contributed by atoms with Crippen LogP contribution in [0.2, 0.25) is 0 Å². The fraction of sp³-hybridized carbons (Fsp3) is 0.800. The quantitative estimate of drug-likeness (QED) is 0.418. The maximum Gasteiger partial charge on any atom is 0.313 e. The summed E-state index contributed by atoms with van der Waals surface area (Å²) in [6, 6.07) is 0. The van der Waals surface area contributed by atoms with Crippen molar-refractivity contribution in [1.82, 2.24) is 4.58 Å². The van der Waals surface area contributed by atoms with Crippen molar-refractivity contribution in [3.63, 3.8) is 0 Å². The molecular weight excluding hydrogens is 358 g/mol. The van der Waals surface area contributed by atoms with Crippen molar-refractivity contribution >= 4 is 22.7 Å². The molecule has 0 aromatic carbocycles. The van der Waals surface area contributed by atoms with E-state index in [0.717, 1.165) is 0 Å². The molecule has 0 saturated heterocycles. The Balaban J connectivity index is 0.000000841. The molecule has 0 fully saturated rings. The topological polar surface area (TPSA) is 95.2 Å². The Morgan fingerprint density at radius 1 is 0.783 bits per heavy atom. The Bertz CT molecular complexity index is 406. The zero-order valence-electron chi connectivity index (χ0n) is 14.0. The van der Waals surface area contributed by atoms with Crippen molar-refractivity contribution in [3.8, 4) is 0 Å². The van der Waals surface area contributed by atoms with E-state index < -0.39 is 10.2 Å². The van der Waals surface area contributed by atoms with E-state index in [9.17, 15) is 0 Å². The molecule has 1 heterocycles. The second-order valence-electron chi connectivity index (χ2n) is 5.26. The number of hydrogen-bond acceptors (Lipinski definition) is 6. The summed E-state index contributed by atoms with van der Waals surface area (Å²) in [6.45, 7) is 7.07. The molecular formula is C15H28ClNO4S2. The van der Waals surface area contributed by atoms with Crippen molar-refractivity contribution in [2.24, 2.45) is 0 Å². The second-order valence-corrected chi connectivity index (χ2v) is 8.06. The molecule has 1 aromatic rings. The lowest BCUT2D eigenvalue weighted by Gasteiger charge is -2.17. The van der Waals surface area contributed by atoms with Gasteiger partial charge in [-0.3, -0.25) is 0 Å². The van der Waals surface area contributed by atoms with E-state index in [2.05, 4.69) is 29.2 Å². The zero-order chi connectivity index (χ0) is 17.6. The van der Waals surface area contributed by atoms with Gasteiger partial charge in [0.15, 0.2) is 0 Å². The molecule has 0 saturated carbocycles. The van der Waals surface area contributed by atoms with Crippen LogP contribution < -0.4 is 27.2 Å². The highest BCUT2D eigenvalue weighted by Crippen LogP contribution is 2.02. The van der Waals surface area contributed by atoms with Gasteiger partial charge in [0.1, 0.15) is 13.1 Å². The van der Waals surface area contributed by atoms with Crippen LogP contribution in [0.3, 0.4) is 0 Å². The van der Waals surface area contributed by atoms with Gasteiger partial charge < -0.3 is 0 Å². The number of hydrogen-bond donors (Lipinski definition) is 0. The molecule has 1 aromatic heterocycles. The molecule has 0 amide bonds. The molecule has 0 atom stereocenters. The standard InChI is InChI=1S/C15H28NS2.ClHO4/c1-3-5-7-9-11-16(12-10-8-6-4-2)15-17-13-14-18-15;2-1(3,4)5/h13-14H,3-12H2,1-2H3;(H,2,3,4,5)/q+1;/p-1. The first kappa shape index (κ1) is 23.0. The Hall–Kier alpha value is -0.0200. The molecule has 1 rings (SSSR count). The SMILES string of the molecule is CCCCCC[N+](CCCCCC)=c1sccs1.[O-][Cl+3]([O-])([O-])[O-]. The van der Waals surface area contributed by atoms with Crippen LogP contribution in [-0.4, -0.2) is 13.1 Å². The van der Waals surface area contributed by atoms with Gasteiger partial charge in [-0.2, -0.15) is 0 Å². The van der Waals surface area contributed by atoms with Crippen LogP contribution in [0.15, 0.2) is 10.8 Å². The number of nitrogens with zero attached hydrogens (tertiary/aromatic N) is 1. The summed E-state index contributed by atoms with van der Waals surface area (Å²) in [6.07, 6.45) is 10.9. The predicted octanol–water partition coefficient (Wildman–Crippen LogP) is -0.0136. The van der Waals surface area contributed by atoms with E-state index in [-0.39, 0.29) is 0 Å². The largest absolute Gasteiger partial charge is 0.313 e. The van der Waals surface area contributed by atoms with Crippen molar-refractivity contribution < 1.29 is 28.9 Å². The fourth-order valence-electron chi connectivity index (χ4n) is 2.10. The van der Waals surface area contributed by atoms with Gasteiger partial charge in [0.2, 0.25) is 0 Å². The first-order chi connectivity index (χ1) is 10.9. The van der Waals surface area contributed by atoms with Gasteiger partial charge in [0, 0.05) is 23.6 Å². The van der Waals surface area contributed by atoms with Crippen molar-refractivity contribution in [3.05, 3.63) is 14.7 Å². The molecule has 0 radical (unpaired) electrons. The average molecular weight is 386 g/mol. The number of rotatable bonds is 10. The summed E-state index contributed by atoms with van der Waals surface area (Å²) < 4.78 is 38.1. The minimum atomic E-state index is -4.94. The van der Waals surface area contributed by atoms with Crippen molar-refractivity contribution in [2.75, 3.05) is 13.1 Å². The lowest BCUT2D eigenvalue weighted by atomic mass is 10.2. The maximum atomic E-state index is 8.49. The molecule has 8 heteroatoms. The van der Waals surface area contributed by atoms with E-state index in [1.165, 1.54) is 68.4 Å². The molecule has 136 valence electrons. The van der Waals surface area contributed by atoms with Gasteiger partial charge in [-0.25, -0.2) is 23.2 Å². The van der Waals surface area contributed by atoms with Gasteiger partial charge in [0.05, 0.1) is 0 Å². The third-order valence-corrected chi connectivity index (χ3v) is 5.43. The van der Waals surface area contributed by atoms with Crippen LogP contribution in [0.1, 0.15) is 65.2 Å². The normalized spacial score (nSPS) is 11.0. The summed E-state index contributed by atoms with van der Waals surface area (Å²) >= 11 is 3.81. The van der Waals surface area contributed by atoms with E-state index in [4.69, 9.17) is 18.6 Å². The molecule has 0 unspecified atom stereocenters. The van der Waals surface area contributed by atoms with Gasteiger partial charge in [-0.15, -0.1) is 10.2 Å². The summed E-state index contributed by atoms with van der Waals surface area (Å²) in [5.74, 6) is 0. The van der Waals surface area contributed by atoms with Crippen LogP contribution in [0.25, 0.3) is 0 Å². The van der Waals surface area contributed by atoms with Crippen molar-refractivity contribution in [2.45, 2.75) is 65.2 Å². The maximum absolute atomic E-state index is 8.49. The lowest BCUT2D eigenvalue weighted by molar-refractivity contribution is -2.00. The number of unbranched alkanes of at least 4 members (excludes halogenated alkanes) is 6. The van der Waals surface area contributed by atoms with E-state index >= 15 is 0 Å². The van der Waals surface area contributed by atoms with E-state index in [1.807, 2.05) is 22.7 Å². The summed E-state index contributed by atoms with van der Waals surface area (Å²) in [7, 11) is -4.94. The average Bonchev–Trinajstić information content (AvgIpc) is 2.98. The minimum absolute atomic E-state index is 1.25. The van der Waals surface area contributed by atoms with Gasteiger partial charge in [-0.1, -0.05) is 62.2 Å². The predicted molar refractivity (Wildman–Crippen MR) is 85.5 cm³/mol. The highest BCUT2D eigenvalue weighted by molar-refractivity contribution is 7.24. The summed E-state index contributed by atoms with van der Waals surface area (Å²) in [4.78, 5) is 0. The zero-order valence-corrected chi connectivity index (χ0v) is 16.4. The number of halogens is 1. The summed E-state index contributed by atoms with van der Waals surface area (Å²) in [5, 5.41) is 4.43. The van der Waals surface area contributed by atoms with Crippen LogP contribution >= 0.6 is 22.7 Å². The third-order valence-electron chi connectivity index (χ3n) is 3.21. The summed E-state index contributed by atoms with van der Waals surface area (Å²) in [5.41, 5.74) is 0. The van der Waals surface area contributed by atoms with Crippen LogP contribution in [0, 0.1) is 10.2 Å². The highest BCUT2D eigenvalue weighted by atomic mass is 35.7. The molecule has 0 N–H and O–H groups in total. The molecule has 0 aliphatic carbocycles. The minimum Gasteiger partial charge on any atom is -0.222 e. The first-order valence-corrected chi connectivity index (χ1v) is 11.1. The molecule has 0 bridgehead atoms. The Kier molecular flexibility index (Phi) is 14.3. The molecule has 0 aliphatic rings. The fourth-order valence-corrected chi connectivity index (χ4v) is 4.00. The van der Waals surface area contributed by atoms with Crippen molar-refractivity contribution in [1.29, 1.82) is 0 Å². The molecule has 23 heavy (non-hydrogen) atoms. The van der Waals surface area contributed by atoms with Crippen LogP contribution in [0.5, 0.6) is 0 Å². The monoisotopic (exact) mass is 385 g/mol. The second kappa shape index (κ2) is 14.3. The van der Waals surface area contributed by atoms with Crippen LogP contribution in [0.4, 0.5) is 0 Å². The van der Waals surface area contributed by atoms with Gasteiger partial charge >= 0.3 is 3.98 Å². The Morgan fingerprint density at radius 2 is 1.17 bits per heavy atom. The van der Waals surface area contributed by atoms with E-state index in [1.54, 1.807) is 0 Å². The smallest absolute Gasteiger partial charge is 0.222 e. The Morgan fingerprint density at radius 3 is 1.52 bits per heavy atom. The Labute approximate surface area is 149 Å². The van der Waals surface area contributed by atoms with Crippen LogP contribution in [-0.2, 0) is 0 Å². The molecule has 0 spiro atoms. The van der Waals surface area contributed by atoms with E-state index in [0.29, 0.717) is 0 Å². The molecule has 5 nitrogen and oxygen atoms in total. The third kappa shape index (κ3) is 16.6. The first-order valence-electron chi connectivity index (χ1n) is 8.10. The van der Waals surface area contributed by atoms with Gasteiger partial charge in [0.25, 0.3) is 0 Å². The highest BCUT2D eigenvalue weighted by Gasteiger charge is 2.07. The lowest BCUT2D eigenvalue weighted by Crippen LogP contribution is -2.68. The van der Waals surface area contributed by atoms with Gasteiger partial charge in [-0.05, 0) is 12.8 Å².